The maximum atomic E-state index is 11.3. The van der Waals surface area contributed by atoms with E-state index in [1.165, 1.54) is 0 Å². The minimum absolute atomic E-state index is 0.0969. The van der Waals surface area contributed by atoms with E-state index in [1.54, 1.807) is 24.3 Å². The highest BCUT2D eigenvalue weighted by Crippen LogP contribution is 2.14. The van der Waals surface area contributed by atoms with Gasteiger partial charge in [-0.25, -0.2) is 0 Å². The largest absolute Gasteiger partial charge is 0.373 e. The predicted molar refractivity (Wildman–Crippen MR) is 60.1 cm³/mol. The summed E-state index contributed by atoms with van der Waals surface area (Å²) in [6.45, 7) is 0. The molecule has 1 heterocycles. The van der Waals surface area contributed by atoms with E-state index in [2.05, 4.69) is 10.6 Å². The van der Waals surface area contributed by atoms with Gasteiger partial charge in [0.15, 0.2) is 0 Å². The Labute approximate surface area is 97.2 Å². The van der Waals surface area contributed by atoms with E-state index < -0.39 is 11.9 Å². The highest BCUT2D eigenvalue weighted by molar-refractivity contribution is 6.06. The van der Waals surface area contributed by atoms with Gasteiger partial charge in [0.05, 0.1) is 6.42 Å². The first kappa shape index (κ1) is 11.1. The normalized spacial score (nSPS) is 18.9. The molecule has 0 bridgehead atoms. The van der Waals surface area contributed by atoms with Gasteiger partial charge in [-0.3, -0.25) is 19.7 Å². The fourth-order valence-corrected chi connectivity index (χ4v) is 1.63. The van der Waals surface area contributed by atoms with Gasteiger partial charge in [-0.2, -0.15) is 0 Å². The quantitative estimate of drug-likeness (QED) is 0.619. The fraction of sp³-hybridized carbons (Fsp3) is 0.182. The SMILES string of the molecule is NC(=O)c1cccc(NC2CC(=O)NC2=O)c1. The lowest BCUT2D eigenvalue weighted by atomic mass is 10.1. The van der Waals surface area contributed by atoms with Crippen molar-refractivity contribution in [2.24, 2.45) is 5.73 Å². The van der Waals surface area contributed by atoms with Crippen LogP contribution in [0, 0.1) is 0 Å². The summed E-state index contributed by atoms with van der Waals surface area (Å²) in [5, 5.41) is 5.07. The molecule has 88 valence electrons. The zero-order chi connectivity index (χ0) is 12.4. The monoisotopic (exact) mass is 233 g/mol. The zero-order valence-electron chi connectivity index (χ0n) is 8.90. The van der Waals surface area contributed by atoms with Crippen molar-refractivity contribution in [3.63, 3.8) is 0 Å². The molecule has 1 aromatic carbocycles. The molecule has 1 aliphatic heterocycles. The Morgan fingerprint density at radius 3 is 2.76 bits per heavy atom. The maximum Gasteiger partial charge on any atom is 0.249 e. The average molecular weight is 233 g/mol. The molecule has 6 heteroatoms. The van der Waals surface area contributed by atoms with Gasteiger partial charge >= 0.3 is 0 Å². The second kappa shape index (κ2) is 4.25. The van der Waals surface area contributed by atoms with Crippen LogP contribution in [0.15, 0.2) is 24.3 Å². The topological polar surface area (TPSA) is 101 Å². The third kappa shape index (κ3) is 2.41. The molecule has 0 spiro atoms. The first-order valence-corrected chi connectivity index (χ1v) is 5.06. The number of amides is 3. The van der Waals surface area contributed by atoms with E-state index in [9.17, 15) is 14.4 Å². The number of hydrogen-bond acceptors (Lipinski definition) is 4. The number of rotatable bonds is 3. The van der Waals surface area contributed by atoms with Crippen molar-refractivity contribution in [1.29, 1.82) is 0 Å². The number of hydrogen-bond donors (Lipinski definition) is 3. The number of anilines is 1. The predicted octanol–water partition coefficient (Wildman–Crippen LogP) is -0.388. The lowest BCUT2D eigenvalue weighted by molar-refractivity contribution is -0.124. The molecule has 4 N–H and O–H groups in total. The summed E-state index contributed by atoms with van der Waals surface area (Å²) >= 11 is 0. The number of nitrogens with one attached hydrogen (secondary N) is 2. The van der Waals surface area contributed by atoms with Crippen molar-refractivity contribution in [3.8, 4) is 0 Å². The number of carbonyl (C=O) groups is 3. The van der Waals surface area contributed by atoms with Crippen molar-refractivity contribution in [1.82, 2.24) is 5.32 Å². The van der Waals surface area contributed by atoms with E-state index in [1.807, 2.05) is 0 Å². The van der Waals surface area contributed by atoms with Crippen LogP contribution < -0.4 is 16.4 Å². The van der Waals surface area contributed by atoms with Gasteiger partial charge in [-0.15, -0.1) is 0 Å². The Morgan fingerprint density at radius 2 is 2.18 bits per heavy atom. The van der Waals surface area contributed by atoms with E-state index in [-0.39, 0.29) is 18.2 Å². The molecule has 17 heavy (non-hydrogen) atoms. The molecule has 1 aliphatic rings. The Hall–Kier alpha value is -2.37. The van der Waals surface area contributed by atoms with Crippen LogP contribution in [-0.2, 0) is 9.59 Å². The molecule has 1 saturated heterocycles. The third-order valence-electron chi connectivity index (χ3n) is 2.46. The molecule has 0 saturated carbocycles. The van der Waals surface area contributed by atoms with E-state index in [0.717, 1.165) is 0 Å². The van der Waals surface area contributed by atoms with Crippen LogP contribution in [0.4, 0.5) is 5.69 Å². The minimum atomic E-state index is -0.592. The molecular formula is C11H11N3O3. The summed E-state index contributed by atoms with van der Waals surface area (Å²) in [6, 6.07) is 5.87. The van der Waals surface area contributed by atoms with Crippen LogP contribution in [0.1, 0.15) is 16.8 Å². The van der Waals surface area contributed by atoms with Crippen LogP contribution in [0.3, 0.4) is 0 Å². The standard InChI is InChI=1S/C11H11N3O3/c12-10(16)6-2-1-3-7(4-6)13-8-5-9(15)14-11(8)17/h1-4,8,13H,5H2,(H2,12,16)(H,14,15,17). The van der Waals surface area contributed by atoms with Crippen molar-refractivity contribution in [3.05, 3.63) is 29.8 Å². The van der Waals surface area contributed by atoms with Crippen molar-refractivity contribution < 1.29 is 14.4 Å². The Morgan fingerprint density at radius 1 is 1.41 bits per heavy atom. The molecule has 1 fully saturated rings. The maximum absolute atomic E-state index is 11.3. The molecule has 0 aromatic heterocycles. The van der Waals surface area contributed by atoms with Gasteiger partial charge in [0.2, 0.25) is 17.7 Å². The van der Waals surface area contributed by atoms with Gasteiger partial charge in [-0.05, 0) is 18.2 Å². The van der Waals surface area contributed by atoms with Gasteiger partial charge in [0.25, 0.3) is 0 Å². The number of primary amides is 1. The summed E-state index contributed by atoms with van der Waals surface area (Å²) in [7, 11) is 0. The molecule has 1 aromatic rings. The molecule has 6 nitrogen and oxygen atoms in total. The average Bonchev–Trinajstić information content (AvgIpc) is 2.58. The number of benzene rings is 1. The number of carbonyl (C=O) groups excluding carboxylic acids is 3. The summed E-state index contributed by atoms with van der Waals surface area (Å²) in [6.07, 6.45) is 0.0969. The highest BCUT2D eigenvalue weighted by Gasteiger charge is 2.30. The van der Waals surface area contributed by atoms with Crippen LogP contribution in [0.25, 0.3) is 0 Å². The lowest BCUT2D eigenvalue weighted by Crippen LogP contribution is -2.30. The second-order valence-electron chi connectivity index (χ2n) is 3.76. The van der Waals surface area contributed by atoms with Crippen molar-refractivity contribution in [2.75, 3.05) is 5.32 Å². The molecule has 0 radical (unpaired) electrons. The fourth-order valence-electron chi connectivity index (χ4n) is 1.63. The summed E-state index contributed by atoms with van der Waals surface area (Å²) in [5.41, 5.74) is 6.07. The van der Waals surface area contributed by atoms with Crippen molar-refractivity contribution in [2.45, 2.75) is 12.5 Å². The first-order chi connectivity index (χ1) is 8.06. The smallest absolute Gasteiger partial charge is 0.249 e. The minimum Gasteiger partial charge on any atom is -0.373 e. The molecule has 3 amide bonds. The van der Waals surface area contributed by atoms with Gasteiger partial charge in [0.1, 0.15) is 6.04 Å². The Bertz CT molecular complexity index is 498. The molecule has 1 unspecified atom stereocenters. The van der Waals surface area contributed by atoms with Crippen LogP contribution in [0.5, 0.6) is 0 Å². The van der Waals surface area contributed by atoms with Gasteiger partial charge in [-0.1, -0.05) is 6.07 Å². The summed E-state index contributed by atoms with van der Waals surface area (Å²) < 4.78 is 0. The second-order valence-corrected chi connectivity index (χ2v) is 3.76. The van der Waals surface area contributed by atoms with Crippen LogP contribution in [0.2, 0.25) is 0 Å². The molecule has 1 atom stereocenters. The van der Waals surface area contributed by atoms with E-state index >= 15 is 0 Å². The summed E-state index contributed by atoms with van der Waals surface area (Å²) in [4.78, 5) is 33.3. The Balaban J connectivity index is 2.13. The van der Waals surface area contributed by atoms with Crippen molar-refractivity contribution >= 4 is 23.4 Å². The Kier molecular flexibility index (Phi) is 2.78. The number of imide groups is 1. The highest BCUT2D eigenvalue weighted by atomic mass is 16.2. The van der Waals surface area contributed by atoms with Crippen LogP contribution >= 0.6 is 0 Å². The van der Waals surface area contributed by atoms with Crippen LogP contribution in [-0.4, -0.2) is 23.8 Å². The lowest BCUT2D eigenvalue weighted by Gasteiger charge is -2.11. The van der Waals surface area contributed by atoms with Gasteiger partial charge < -0.3 is 11.1 Å². The number of nitrogens with two attached hydrogens (primary N) is 1. The summed E-state index contributed by atoms with van der Waals surface area (Å²) in [5.74, 6) is -1.21. The van der Waals surface area contributed by atoms with E-state index in [4.69, 9.17) is 5.73 Å². The molecule has 0 aliphatic carbocycles. The molecular weight excluding hydrogens is 222 g/mol. The zero-order valence-corrected chi connectivity index (χ0v) is 8.90. The first-order valence-electron chi connectivity index (χ1n) is 5.06. The molecule has 2 rings (SSSR count). The third-order valence-corrected chi connectivity index (χ3v) is 2.46. The van der Waals surface area contributed by atoms with E-state index in [0.29, 0.717) is 11.3 Å². The van der Waals surface area contributed by atoms with Gasteiger partial charge in [0, 0.05) is 11.3 Å².